The molecule has 3 nitrogen and oxygen atoms in total. The van der Waals surface area contributed by atoms with E-state index in [-0.39, 0.29) is 6.04 Å². The van der Waals surface area contributed by atoms with Gasteiger partial charge in [-0.3, -0.25) is 4.98 Å². The van der Waals surface area contributed by atoms with E-state index in [0.717, 1.165) is 29.6 Å². The Hall–Kier alpha value is -1.45. The molecule has 0 bridgehead atoms. The van der Waals surface area contributed by atoms with Crippen LogP contribution in [0.5, 0.6) is 0 Å². The highest BCUT2D eigenvalue weighted by Crippen LogP contribution is 2.23. The van der Waals surface area contributed by atoms with Crippen LogP contribution in [0.4, 0.5) is 0 Å². The topological polar surface area (TPSA) is 48.1 Å². The van der Waals surface area contributed by atoms with Crippen LogP contribution >= 0.6 is 0 Å². The zero-order valence-corrected chi connectivity index (χ0v) is 11.9. The van der Waals surface area contributed by atoms with Crippen molar-refractivity contribution in [3.8, 4) is 0 Å². The second kappa shape index (κ2) is 6.13. The van der Waals surface area contributed by atoms with E-state index in [0.29, 0.717) is 5.92 Å². The molecule has 1 heterocycles. The lowest BCUT2D eigenvalue weighted by Crippen LogP contribution is -2.16. The minimum absolute atomic E-state index is 0.0517. The number of aromatic nitrogens is 1. The van der Waals surface area contributed by atoms with E-state index < -0.39 is 0 Å². The van der Waals surface area contributed by atoms with Gasteiger partial charge in [-0.05, 0) is 43.0 Å². The molecular formula is C16H22N2O. The van der Waals surface area contributed by atoms with E-state index in [2.05, 4.69) is 36.2 Å². The van der Waals surface area contributed by atoms with Gasteiger partial charge in [0.05, 0.1) is 5.52 Å². The minimum atomic E-state index is 0.0517. The third kappa shape index (κ3) is 3.52. The maximum Gasteiger partial charge on any atom is 0.0705 e. The zero-order valence-electron chi connectivity index (χ0n) is 11.9. The predicted molar refractivity (Wildman–Crippen MR) is 79.1 cm³/mol. The van der Waals surface area contributed by atoms with Crippen LogP contribution in [-0.2, 0) is 4.74 Å². The van der Waals surface area contributed by atoms with E-state index >= 15 is 0 Å². The first-order valence-electron chi connectivity index (χ1n) is 6.72. The molecule has 19 heavy (non-hydrogen) atoms. The van der Waals surface area contributed by atoms with E-state index in [1.54, 1.807) is 7.11 Å². The lowest BCUT2D eigenvalue weighted by Gasteiger charge is -2.17. The summed E-state index contributed by atoms with van der Waals surface area (Å²) < 4.78 is 5.16. The van der Waals surface area contributed by atoms with E-state index in [1.165, 1.54) is 5.56 Å². The number of hydrogen-bond acceptors (Lipinski definition) is 3. The number of nitrogens with two attached hydrogens (primary N) is 1. The molecule has 102 valence electrons. The summed E-state index contributed by atoms with van der Waals surface area (Å²) in [5.41, 5.74) is 9.51. The van der Waals surface area contributed by atoms with Crippen molar-refractivity contribution in [2.75, 3.05) is 13.7 Å². The summed E-state index contributed by atoms with van der Waals surface area (Å²) in [6.07, 6.45) is 0.929. The SMILES string of the molecule is COCC(C)CC(N)c1ccc2nc(C)ccc2c1. The Balaban J connectivity index is 2.18. The van der Waals surface area contributed by atoms with Gasteiger partial charge in [0, 0.05) is 30.8 Å². The van der Waals surface area contributed by atoms with Crippen molar-refractivity contribution in [2.45, 2.75) is 26.3 Å². The molecule has 0 aliphatic heterocycles. The van der Waals surface area contributed by atoms with Gasteiger partial charge in [0.25, 0.3) is 0 Å². The average Bonchev–Trinajstić information content (AvgIpc) is 2.38. The van der Waals surface area contributed by atoms with Crippen molar-refractivity contribution in [3.05, 3.63) is 41.6 Å². The number of ether oxygens (including phenoxy) is 1. The van der Waals surface area contributed by atoms with Gasteiger partial charge in [-0.25, -0.2) is 0 Å². The fraction of sp³-hybridized carbons (Fsp3) is 0.438. The first kappa shape index (κ1) is 14.0. The summed E-state index contributed by atoms with van der Waals surface area (Å²) >= 11 is 0. The van der Waals surface area contributed by atoms with Gasteiger partial charge in [-0.15, -0.1) is 0 Å². The number of fused-ring (bicyclic) bond motifs is 1. The average molecular weight is 258 g/mol. The Morgan fingerprint density at radius 3 is 2.79 bits per heavy atom. The number of hydrogen-bond donors (Lipinski definition) is 1. The highest BCUT2D eigenvalue weighted by molar-refractivity contribution is 5.79. The molecular weight excluding hydrogens is 236 g/mol. The van der Waals surface area contributed by atoms with Crippen LogP contribution in [-0.4, -0.2) is 18.7 Å². The van der Waals surface area contributed by atoms with Gasteiger partial charge < -0.3 is 10.5 Å². The second-order valence-electron chi connectivity index (χ2n) is 5.31. The number of methoxy groups -OCH3 is 1. The minimum Gasteiger partial charge on any atom is -0.384 e. The fourth-order valence-electron chi connectivity index (χ4n) is 2.40. The van der Waals surface area contributed by atoms with Gasteiger partial charge in [0.2, 0.25) is 0 Å². The summed E-state index contributed by atoms with van der Waals surface area (Å²) in [6.45, 7) is 4.92. The quantitative estimate of drug-likeness (QED) is 0.895. The molecule has 1 aromatic carbocycles. The summed E-state index contributed by atoms with van der Waals surface area (Å²) in [6, 6.07) is 10.5. The van der Waals surface area contributed by atoms with Crippen LogP contribution in [0.2, 0.25) is 0 Å². The van der Waals surface area contributed by atoms with Gasteiger partial charge in [-0.2, -0.15) is 0 Å². The zero-order chi connectivity index (χ0) is 13.8. The highest BCUT2D eigenvalue weighted by atomic mass is 16.5. The van der Waals surface area contributed by atoms with Gasteiger partial charge in [0.1, 0.15) is 0 Å². The van der Waals surface area contributed by atoms with Gasteiger partial charge in [0.15, 0.2) is 0 Å². The van der Waals surface area contributed by atoms with E-state index in [9.17, 15) is 0 Å². The van der Waals surface area contributed by atoms with E-state index in [4.69, 9.17) is 10.5 Å². The van der Waals surface area contributed by atoms with Crippen LogP contribution in [0.25, 0.3) is 10.9 Å². The Morgan fingerprint density at radius 1 is 1.26 bits per heavy atom. The van der Waals surface area contributed by atoms with Crippen LogP contribution in [0.3, 0.4) is 0 Å². The fourth-order valence-corrected chi connectivity index (χ4v) is 2.40. The normalized spacial score (nSPS) is 14.5. The van der Waals surface area contributed by atoms with Crippen LogP contribution in [0.1, 0.15) is 30.6 Å². The smallest absolute Gasteiger partial charge is 0.0705 e. The van der Waals surface area contributed by atoms with Crippen molar-refractivity contribution in [3.63, 3.8) is 0 Å². The molecule has 2 atom stereocenters. The molecule has 3 heteroatoms. The Bertz CT molecular complexity index is 553. The Labute approximate surface area is 114 Å². The number of benzene rings is 1. The molecule has 2 N–H and O–H groups in total. The molecule has 0 fully saturated rings. The summed E-state index contributed by atoms with van der Waals surface area (Å²) in [7, 11) is 1.73. The lowest BCUT2D eigenvalue weighted by molar-refractivity contribution is 0.152. The molecule has 2 rings (SSSR count). The first-order chi connectivity index (χ1) is 9.10. The molecule has 0 spiro atoms. The Morgan fingerprint density at radius 2 is 2.05 bits per heavy atom. The monoisotopic (exact) mass is 258 g/mol. The molecule has 0 amide bonds. The molecule has 0 radical (unpaired) electrons. The molecule has 2 unspecified atom stereocenters. The van der Waals surface area contributed by atoms with Crippen molar-refractivity contribution < 1.29 is 4.74 Å². The maximum absolute atomic E-state index is 6.27. The van der Waals surface area contributed by atoms with Crippen LogP contribution < -0.4 is 5.73 Å². The summed E-state index contributed by atoms with van der Waals surface area (Å²) in [4.78, 5) is 4.51. The molecule has 2 aromatic rings. The second-order valence-corrected chi connectivity index (χ2v) is 5.31. The highest BCUT2D eigenvalue weighted by Gasteiger charge is 2.11. The molecule has 0 aliphatic rings. The molecule has 1 aromatic heterocycles. The largest absolute Gasteiger partial charge is 0.384 e. The molecule has 0 saturated heterocycles. The third-order valence-electron chi connectivity index (χ3n) is 3.39. The van der Waals surface area contributed by atoms with Crippen LogP contribution in [0, 0.1) is 12.8 Å². The van der Waals surface area contributed by atoms with Crippen molar-refractivity contribution in [1.82, 2.24) is 4.98 Å². The van der Waals surface area contributed by atoms with Crippen molar-refractivity contribution in [1.29, 1.82) is 0 Å². The number of pyridine rings is 1. The van der Waals surface area contributed by atoms with Crippen LogP contribution in [0.15, 0.2) is 30.3 Å². The standard InChI is InChI=1S/C16H22N2O/c1-11(10-19-3)8-15(17)13-6-7-16-14(9-13)5-4-12(2)18-16/h4-7,9,11,15H,8,10,17H2,1-3H3. The van der Waals surface area contributed by atoms with E-state index in [1.807, 2.05) is 13.0 Å². The predicted octanol–water partition coefficient (Wildman–Crippen LogP) is 3.22. The van der Waals surface area contributed by atoms with Crippen molar-refractivity contribution >= 4 is 10.9 Å². The Kier molecular flexibility index (Phi) is 4.51. The lowest BCUT2D eigenvalue weighted by atomic mass is 9.96. The maximum atomic E-state index is 6.27. The summed E-state index contributed by atoms with van der Waals surface area (Å²) in [5, 5.41) is 1.15. The number of nitrogens with zero attached hydrogens (tertiary/aromatic N) is 1. The molecule has 0 aliphatic carbocycles. The van der Waals surface area contributed by atoms with Gasteiger partial charge >= 0.3 is 0 Å². The third-order valence-corrected chi connectivity index (χ3v) is 3.39. The number of aryl methyl sites for hydroxylation is 1. The number of rotatable bonds is 5. The molecule has 0 saturated carbocycles. The first-order valence-corrected chi connectivity index (χ1v) is 6.72. The summed E-state index contributed by atoms with van der Waals surface area (Å²) in [5.74, 6) is 0.465. The van der Waals surface area contributed by atoms with Gasteiger partial charge in [-0.1, -0.05) is 19.1 Å². The van der Waals surface area contributed by atoms with Crippen molar-refractivity contribution in [2.24, 2.45) is 11.7 Å².